The number of anilines is 2. The molecule has 1 amide bonds. The predicted octanol–water partition coefficient (Wildman–Crippen LogP) is 4.32. The van der Waals surface area contributed by atoms with Crippen LogP contribution in [-0.2, 0) is 0 Å². The molecule has 9 heteroatoms. The Balaban J connectivity index is 1.67. The maximum atomic E-state index is 12.6. The number of hydrogen-bond donors (Lipinski definition) is 3. The first-order valence-electron chi connectivity index (χ1n) is 9.66. The summed E-state index contributed by atoms with van der Waals surface area (Å²) < 4.78 is 0. The van der Waals surface area contributed by atoms with Crippen molar-refractivity contribution in [2.45, 2.75) is 25.7 Å². The van der Waals surface area contributed by atoms with Crippen molar-refractivity contribution in [3.05, 3.63) is 45.7 Å². The minimum absolute atomic E-state index is 0.247. The number of rotatable bonds is 7. The molecule has 0 radical (unpaired) electrons. The van der Waals surface area contributed by atoms with Crippen molar-refractivity contribution < 1.29 is 4.79 Å². The molecular formula is C20H24Cl2N6O. The Morgan fingerprint density at radius 2 is 1.86 bits per heavy atom. The van der Waals surface area contributed by atoms with Gasteiger partial charge in [-0.3, -0.25) is 4.79 Å². The highest BCUT2D eigenvalue weighted by Crippen LogP contribution is 2.23. The zero-order valence-corrected chi connectivity index (χ0v) is 17.6. The van der Waals surface area contributed by atoms with Gasteiger partial charge in [-0.15, -0.1) is 0 Å². The minimum Gasteiger partial charge on any atom is -0.368 e. The fraction of sp³-hybridized carbons (Fsp3) is 0.400. The fourth-order valence-corrected chi connectivity index (χ4v) is 3.81. The van der Waals surface area contributed by atoms with Crippen LogP contribution in [0.5, 0.6) is 0 Å². The normalized spacial score (nSPS) is 14.8. The van der Waals surface area contributed by atoms with Gasteiger partial charge in [0, 0.05) is 24.3 Å². The highest BCUT2D eigenvalue weighted by atomic mass is 35.5. The molecule has 1 saturated heterocycles. The second-order valence-electron chi connectivity index (χ2n) is 6.89. The van der Waals surface area contributed by atoms with Gasteiger partial charge in [0.05, 0.1) is 16.1 Å². The third-order valence-corrected chi connectivity index (χ3v) is 5.40. The summed E-state index contributed by atoms with van der Waals surface area (Å²) in [5.74, 6) is 0.342. The third-order valence-electron chi connectivity index (χ3n) is 4.86. The van der Waals surface area contributed by atoms with E-state index in [2.05, 4.69) is 25.5 Å². The Labute approximate surface area is 180 Å². The van der Waals surface area contributed by atoms with Gasteiger partial charge < -0.3 is 20.9 Å². The molecule has 3 N–H and O–H groups in total. The number of amides is 1. The van der Waals surface area contributed by atoms with E-state index < -0.39 is 5.91 Å². The van der Waals surface area contributed by atoms with E-state index in [1.165, 1.54) is 38.1 Å². The fourth-order valence-electron chi connectivity index (χ4n) is 3.31. The molecule has 0 spiro atoms. The Morgan fingerprint density at radius 1 is 1.14 bits per heavy atom. The van der Waals surface area contributed by atoms with Gasteiger partial charge in [0.1, 0.15) is 18.0 Å². The van der Waals surface area contributed by atoms with Crippen molar-refractivity contribution in [2.75, 3.05) is 36.8 Å². The first-order valence-corrected chi connectivity index (χ1v) is 10.4. The molecule has 154 valence electrons. The Bertz CT molecular complexity index is 868. The summed E-state index contributed by atoms with van der Waals surface area (Å²) >= 11 is 12.0. The first kappa shape index (κ1) is 21.5. The molecule has 1 aromatic heterocycles. The summed E-state index contributed by atoms with van der Waals surface area (Å²) in [6.07, 6.45) is 7.57. The number of likely N-dealkylation sites (tertiary alicyclic amines) is 1. The largest absolute Gasteiger partial charge is 0.368 e. The summed E-state index contributed by atoms with van der Waals surface area (Å²) in [4.78, 5) is 23.4. The van der Waals surface area contributed by atoms with E-state index in [0.29, 0.717) is 22.9 Å². The molecule has 1 fully saturated rings. The van der Waals surface area contributed by atoms with Crippen LogP contribution in [0.4, 0.5) is 11.6 Å². The van der Waals surface area contributed by atoms with Gasteiger partial charge in [-0.1, -0.05) is 36.0 Å². The van der Waals surface area contributed by atoms with Gasteiger partial charge in [-0.25, -0.2) is 9.97 Å². The van der Waals surface area contributed by atoms with Gasteiger partial charge in [0.15, 0.2) is 0 Å². The quantitative estimate of drug-likeness (QED) is 0.563. The molecule has 2 aromatic rings. The molecule has 0 saturated carbocycles. The van der Waals surface area contributed by atoms with E-state index in [-0.39, 0.29) is 16.4 Å². The molecule has 1 aromatic carbocycles. The highest BCUT2D eigenvalue weighted by Gasteiger charge is 2.16. The van der Waals surface area contributed by atoms with Gasteiger partial charge in [-0.05, 0) is 44.1 Å². The van der Waals surface area contributed by atoms with Crippen LogP contribution in [0.25, 0.3) is 0 Å². The van der Waals surface area contributed by atoms with Crippen LogP contribution in [0.15, 0.2) is 24.5 Å². The summed E-state index contributed by atoms with van der Waals surface area (Å²) in [5, 5.41) is 14.4. The summed E-state index contributed by atoms with van der Waals surface area (Å²) in [6.45, 7) is 3.84. The standard InChI is InChI=1S/C20H24Cl2N6O/c21-14-5-6-15(17(22)11-14)20(29)27-19-16(12-23)18(25-13-26-19)24-7-10-28-8-3-1-2-4-9-28/h5-6,11-13,23H,1-4,7-10H2,(H2,24,25,26,27,29). The minimum atomic E-state index is -0.427. The first-order chi connectivity index (χ1) is 14.1. The maximum Gasteiger partial charge on any atom is 0.258 e. The van der Waals surface area contributed by atoms with E-state index in [4.69, 9.17) is 28.6 Å². The zero-order valence-electron chi connectivity index (χ0n) is 16.0. The van der Waals surface area contributed by atoms with E-state index >= 15 is 0 Å². The van der Waals surface area contributed by atoms with E-state index in [9.17, 15) is 4.79 Å². The molecule has 1 aliphatic heterocycles. The van der Waals surface area contributed by atoms with Crippen molar-refractivity contribution in [2.24, 2.45) is 0 Å². The SMILES string of the molecule is N=Cc1c(NCCN2CCCCCC2)ncnc1NC(=O)c1ccc(Cl)cc1Cl. The van der Waals surface area contributed by atoms with Gasteiger partial charge in [0.25, 0.3) is 5.91 Å². The van der Waals surface area contributed by atoms with Gasteiger partial charge in [0.2, 0.25) is 0 Å². The lowest BCUT2D eigenvalue weighted by Gasteiger charge is -2.20. The molecule has 7 nitrogen and oxygen atoms in total. The van der Waals surface area contributed by atoms with E-state index in [1.807, 2.05) is 0 Å². The molecule has 0 aliphatic carbocycles. The molecule has 1 aliphatic rings. The van der Waals surface area contributed by atoms with Crippen LogP contribution in [0, 0.1) is 5.41 Å². The molecule has 0 atom stereocenters. The average Bonchev–Trinajstić information content (AvgIpc) is 2.97. The van der Waals surface area contributed by atoms with E-state index in [0.717, 1.165) is 25.8 Å². The molecule has 29 heavy (non-hydrogen) atoms. The zero-order chi connectivity index (χ0) is 20.6. The number of benzene rings is 1. The van der Waals surface area contributed by atoms with Crippen molar-refractivity contribution in [1.82, 2.24) is 14.9 Å². The summed E-state index contributed by atoms with van der Waals surface area (Å²) in [7, 11) is 0. The number of carbonyl (C=O) groups excluding carboxylic acids is 1. The van der Waals surface area contributed by atoms with E-state index in [1.54, 1.807) is 12.1 Å². The number of nitrogens with zero attached hydrogens (tertiary/aromatic N) is 3. The third kappa shape index (κ3) is 5.88. The molecular weight excluding hydrogens is 411 g/mol. The average molecular weight is 435 g/mol. The highest BCUT2D eigenvalue weighted by molar-refractivity contribution is 6.37. The summed E-state index contributed by atoms with van der Waals surface area (Å²) in [5.41, 5.74) is 0.697. The number of nitrogens with one attached hydrogen (secondary N) is 3. The van der Waals surface area contributed by atoms with Crippen molar-refractivity contribution in [3.63, 3.8) is 0 Å². The van der Waals surface area contributed by atoms with Gasteiger partial charge >= 0.3 is 0 Å². The topological polar surface area (TPSA) is 94.0 Å². The van der Waals surface area contributed by atoms with Crippen LogP contribution in [0.2, 0.25) is 10.0 Å². The molecule has 2 heterocycles. The molecule has 0 bridgehead atoms. The number of hydrogen-bond acceptors (Lipinski definition) is 6. The van der Waals surface area contributed by atoms with Crippen LogP contribution in [0.3, 0.4) is 0 Å². The Hall–Kier alpha value is -2.22. The van der Waals surface area contributed by atoms with Crippen molar-refractivity contribution in [3.8, 4) is 0 Å². The molecule has 3 rings (SSSR count). The Morgan fingerprint density at radius 3 is 2.55 bits per heavy atom. The second kappa shape index (κ2) is 10.5. The number of halogens is 2. The smallest absolute Gasteiger partial charge is 0.258 e. The van der Waals surface area contributed by atoms with Crippen LogP contribution >= 0.6 is 23.2 Å². The molecule has 0 unspecified atom stereocenters. The van der Waals surface area contributed by atoms with Crippen molar-refractivity contribution in [1.29, 1.82) is 5.41 Å². The lowest BCUT2D eigenvalue weighted by Crippen LogP contribution is -2.30. The second-order valence-corrected chi connectivity index (χ2v) is 7.73. The van der Waals surface area contributed by atoms with Crippen molar-refractivity contribution >= 4 is 47.0 Å². The van der Waals surface area contributed by atoms with Gasteiger partial charge in [-0.2, -0.15) is 0 Å². The van der Waals surface area contributed by atoms with Crippen LogP contribution < -0.4 is 10.6 Å². The lowest BCUT2D eigenvalue weighted by molar-refractivity contribution is 0.102. The summed E-state index contributed by atoms with van der Waals surface area (Å²) in [6, 6.07) is 4.65. The van der Waals surface area contributed by atoms with Crippen LogP contribution in [-0.4, -0.2) is 53.2 Å². The number of aromatic nitrogens is 2. The van der Waals surface area contributed by atoms with Crippen LogP contribution in [0.1, 0.15) is 41.6 Å². The Kier molecular flexibility index (Phi) is 7.80. The number of carbonyl (C=O) groups is 1. The maximum absolute atomic E-state index is 12.6. The lowest BCUT2D eigenvalue weighted by atomic mass is 10.2. The monoisotopic (exact) mass is 434 g/mol. The predicted molar refractivity (Wildman–Crippen MR) is 118 cm³/mol.